The summed E-state index contributed by atoms with van der Waals surface area (Å²) in [6.45, 7) is 8.12. The highest BCUT2D eigenvalue weighted by Gasteiger charge is 2.54. The van der Waals surface area contributed by atoms with Gasteiger partial charge in [-0.25, -0.2) is 14.4 Å². The third-order valence-electron chi connectivity index (χ3n) is 24.6. The molecule has 3 saturated heterocycles. The largest absolute Gasteiger partial charge is 0.497 e. The predicted molar refractivity (Wildman–Crippen MR) is 441 cm³/mol. The molecule has 6 N–H and O–H groups in total. The van der Waals surface area contributed by atoms with Crippen LogP contribution < -0.4 is 46.1 Å². The molecular formula is C92H85N15O12. The number of methoxy groups -OCH3 is 3. The van der Waals surface area contributed by atoms with E-state index in [0.717, 1.165) is 126 Å². The number of aryl methyl sites for hydroxylation is 2. The first-order valence-electron chi connectivity index (χ1n) is 40.1. The number of rotatable bonds is 21. The van der Waals surface area contributed by atoms with E-state index < -0.39 is 52.4 Å². The van der Waals surface area contributed by atoms with Crippen LogP contribution in [0.25, 0.3) is 66.1 Å². The lowest BCUT2D eigenvalue weighted by Gasteiger charge is -2.31. The van der Waals surface area contributed by atoms with Gasteiger partial charge >= 0.3 is 18.1 Å². The minimum Gasteiger partial charge on any atom is -0.497 e. The van der Waals surface area contributed by atoms with E-state index >= 15 is 0 Å². The lowest BCUT2D eigenvalue weighted by Crippen LogP contribution is -2.52. The molecule has 3 aliphatic carbocycles. The molecule has 3 saturated carbocycles. The number of hydrogen-bond donors (Lipinski definition) is 6. The second-order valence-corrected chi connectivity index (χ2v) is 32.8. The minimum atomic E-state index is -1.40. The number of hydrogen-bond acceptors (Lipinski definition) is 15. The molecule has 600 valence electrons. The van der Waals surface area contributed by atoms with Crippen LogP contribution in [0.15, 0.2) is 188 Å². The Bertz CT molecular complexity index is 6090. The fourth-order valence-corrected chi connectivity index (χ4v) is 17.6. The van der Waals surface area contributed by atoms with Crippen molar-refractivity contribution in [3.8, 4) is 50.6 Å². The highest BCUT2D eigenvalue weighted by molar-refractivity contribution is 6.11. The smallest absolute Gasteiger partial charge is 0.322 e. The fraction of sp³-hybridized carbons (Fsp3) is 0.283. The van der Waals surface area contributed by atoms with Gasteiger partial charge in [0.1, 0.15) is 17.2 Å². The van der Waals surface area contributed by atoms with Gasteiger partial charge in [0.2, 0.25) is 0 Å². The maximum atomic E-state index is 13.3. The third-order valence-corrected chi connectivity index (χ3v) is 24.6. The van der Waals surface area contributed by atoms with E-state index in [1.807, 2.05) is 122 Å². The number of urea groups is 3. The number of amides is 12. The van der Waals surface area contributed by atoms with Crippen LogP contribution in [0.4, 0.5) is 14.4 Å². The van der Waals surface area contributed by atoms with Crippen LogP contribution in [-0.2, 0) is 70.3 Å². The zero-order chi connectivity index (χ0) is 81.9. The number of carbonyl (C=O) groups excluding carboxylic acids is 9. The van der Waals surface area contributed by atoms with Crippen LogP contribution in [0.3, 0.4) is 0 Å². The van der Waals surface area contributed by atoms with Crippen LogP contribution in [-0.4, -0.2) is 139 Å². The highest BCUT2D eigenvalue weighted by atomic mass is 16.5. The number of nitrogens with zero attached hydrogens (tertiary/aromatic N) is 9. The Morgan fingerprint density at radius 1 is 0.387 bits per heavy atom. The summed E-state index contributed by atoms with van der Waals surface area (Å²) >= 11 is 0. The minimum absolute atomic E-state index is 0.00496. The summed E-state index contributed by atoms with van der Waals surface area (Å²) in [5.74, 6) is 1.95. The van der Waals surface area contributed by atoms with E-state index in [-0.39, 0.29) is 37.4 Å². The topological polar surface area (TPSA) is 317 Å². The molecule has 0 spiro atoms. The monoisotopic (exact) mass is 1590 g/mol. The van der Waals surface area contributed by atoms with Gasteiger partial charge in [0.05, 0.1) is 69.9 Å². The van der Waals surface area contributed by atoms with Crippen LogP contribution in [0.2, 0.25) is 0 Å². The first kappa shape index (κ1) is 75.1. The second-order valence-electron chi connectivity index (χ2n) is 32.8. The van der Waals surface area contributed by atoms with E-state index in [0.29, 0.717) is 70.3 Å². The lowest BCUT2D eigenvalue weighted by molar-refractivity contribution is -0.125. The number of fused-ring (bicyclic) bond motifs is 6. The molecular weight excluding hydrogens is 1510 g/mol. The molecule has 6 fully saturated rings. The van der Waals surface area contributed by atoms with Crippen molar-refractivity contribution >= 4 is 86.2 Å². The fourth-order valence-electron chi connectivity index (χ4n) is 17.6. The Hall–Kier alpha value is -14.0. The summed E-state index contributed by atoms with van der Waals surface area (Å²) in [7, 11) is 4.66. The van der Waals surface area contributed by atoms with Crippen molar-refractivity contribution in [2.45, 2.75) is 108 Å². The average Bonchev–Trinajstić information content (AvgIpc) is 1.62. The lowest BCUT2D eigenvalue weighted by atomic mass is 9.87. The van der Waals surface area contributed by atoms with Gasteiger partial charge in [0, 0.05) is 78.3 Å². The van der Waals surface area contributed by atoms with Crippen molar-refractivity contribution in [1.82, 2.24) is 75.9 Å². The molecule has 9 aliphatic rings. The van der Waals surface area contributed by atoms with E-state index in [4.69, 9.17) is 19.3 Å². The van der Waals surface area contributed by atoms with E-state index in [1.165, 1.54) is 44.0 Å². The molecule has 0 radical (unpaired) electrons. The molecule has 12 amide bonds. The molecule has 3 aromatic heterocycles. The Kier molecular flexibility index (Phi) is 18.5. The summed E-state index contributed by atoms with van der Waals surface area (Å²) in [5.41, 5.74) is 13.5. The van der Waals surface area contributed by atoms with Crippen molar-refractivity contribution in [2.75, 3.05) is 41.0 Å². The molecule has 27 nitrogen and oxygen atoms in total. The first-order valence-corrected chi connectivity index (χ1v) is 40.1. The number of imide groups is 3. The van der Waals surface area contributed by atoms with Crippen molar-refractivity contribution in [3.05, 3.63) is 250 Å². The van der Waals surface area contributed by atoms with Crippen molar-refractivity contribution in [3.63, 3.8) is 0 Å². The maximum Gasteiger partial charge on any atom is 0.322 e. The maximum absolute atomic E-state index is 13.3. The van der Waals surface area contributed by atoms with Gasteiger partial charge in [-0.15, -0.1) is 0 Å². The molecule has 9 aromatic carbocycles. The van der Waals surface area contributed by atoms with Gasteiger partial charge in [-0.2, -0.15) is 15.3 Å². The van der Waals surface area contributed by atoms with Gasteiger partial charge in [-0.05, 0) is 221 Å². The van der Waals surface area contributed by atoms with Crippen LogP contribution >= 0.6 is 0 Å². The molecule has 9 heterocycles. The summed E-state index contributed by atoms with van der Waals surface area (Å²) in [6.07, 6.45) is 13.6. The van der Waals surface area contributed by atoms with Gasteiger partial charge in [-0.3, -0.25) is 58.8 Å². The Balaban J connectivity index is 0.000000118. The standard InChI is InChI=1S/2C31H29N5O4.C30H27N5O4/c1-18-11-22(12-23-14-32-36(27(18)23)15-19-3-4-19)20-5-8-24(9-6-20)31(29(38)33-30(39)34-31)17-35-16-21-7-10-25(40-2)13-26(21)28(35)37;1-18-11-22(12-23-16-36(34-27(18)23)14-19-3-4-19)20-5-8-24(9-6-20)31(29(38)32-30(39)33-31)17-35-15-21-7-10-25(40-2)13-26(21)28(35)37;1-39-24-10-6-21-16-34(27(36)25(21)13-24)17-30(28(37)32-29(38)33-30)23-8-4-19(5-9-23)20-7-11-26-22(12-20)14-31-35(26)15-18-2-3-18/h5-14,19H,3-4,15-17H2,1-2H3,(H2,33,34,38,39);5-13,16,19H,3-4,14-15,17H2,1-2H3,(H2,32,33,38,39);4-14,18H,2-3,15-17H2,1H3,(H2,32,33,37,38)/t2*31-;30-/m000/s1. The number of carbonyl (C=O) groups is 9. The normalized spacial score (nSPS) is 20.2. The molecule has 12 aromatic rings. The molecule has 6 aliphatic heterocycles. The number of ether oxygens (including phenoxy) is 3. The van der Waals surface area contributed by atoms with Gasteiger partial charge in [0.25, 0.3) is 35.4 Å². The van der Waals surface area contributed by atoms with Gasteiger partial charge < -0.3 is 44.9 Å². The summed E-state index contributed by atoms with van der Waals surface area (Å²) < 4.78 is 22.1. The molecule has 119 heavy (non-hydrogen) atoms. The van der Waals surface area contributed by atoms with E-state index in [2.05, 4.69) is 119 Å². The molecule has 0 unspecified atom stereocenters. The Labute approximate surface area is 683 Å². The van der Waals surface area contributed by atoms with Crippen LogP contribution in [0.1, 0.15) is 114 Å². The third kappa shape index (κ3) is 13.9. The van der Waals surface area contributed by atoms with Crippen molar-refractivity contribution in [1.29, 1.82) is 0 Å². The van der Waals surface area contributed by atoms with Crippen LogP contribution in [0.5, 0.6) is 17.2 Å². The predicted octanol–water partition coefficient (Wildman–Crippen LogP) is 12.1. The Morgan fingerprint density at radius 3 is 1.17 bits per heavy atom. The molecule has 27 heteroatoms. The molecule has 3 atom stereocenters. The highest BCUT2D eigenvalue weighted by Crippen LogP contribution is 2.42. The molecule has 0 bridgehead atoms. The van der Waals surface area contributed by atoms with Gasteiger partial charge in [0.15, 0.2) is 16.6 Å². The van der Waals surface area contributed by atoms with Crippen LogP contribution in [0, 0.1) is 31.6 Å². The first-order chi connectivity index (χ1) is 57.6. The zero-order valence-corrected chi connectivity index (χ0v) is 66.2. The van der Waals surface area contributed by atoms with E-state index in [1.54, 1.807) is 54.2 Å². The Morgan fingerprint density at radius 2 is 0.756 bits per heavy atom. The van der Waals surface area contributed by atoms with Crippen molar-refractivity contribution in [2.24, 2.45) is 17.8 Å². The second kappa shape index (κ2) is 29.3. The van der Waals surface area contributed by atoms with Crippen molar-refractivity contribution < 1.29 is 57.4 Å². The van der Waals surface area contributed by atoms with Gasteiger partial charge in [-0.1, -0.05) is 97.1 Å². The summed E-state index contributed by atoms with van der Waals surface area (Å²) in [4.78, 5) is 121. The van der Waals surface area contributed by atoms with E-state index in [9.17, 15) is 43.2 Å². The molecule has 21 rings (SSSR count). The average molecular weight is 1590 g/mol. The SMILES string of the molecule is COc1ccc2c(c1)C(=O)N(C[C@@]1(c3ccc(-c4cc(C)c5c(cnn5CC5CC5)c4)cc3)NC(=O)NC1=O)C2.COc1ccc2c(c1)C(=O)N(C[C@@]1(c3ccc(-c4cc(C)c5nn(CC6CC6)cc5c4)cc3)NC(=O)NC1=O)C2.COc1ccc2c(c1)C(=O)N(C[C@@]1(c3ccc(-c4ccc5c(cnn5CC5CC5)c4)cc3)NC(=O)NC1=O)C2. The number of nitrogens with one attached hydrogen (secondary N) is 6. The summed E-state index contributed by atoms with van der Waals surface area (Å²) in [6, 6.07) is 52.1. The summed E-state index contributed by atoms with van der Waals surface area (Å²) in [5, 5.41) is 32.8. The zero-order valence-electron chi connectivity index (χ0n) is 66.2. The number of benzene rings is 9. The number of aromatic nitrogens is 6. The quantitative estimate of drug-likeness (QED) is 0.0364.